The highest BCUT2D eigenvalue weighted by Crippen LogP contribution is 2.07. The van der Waals surface area contributed by atoms with E-state index in [-0.39, 0.29) is 5.75 Å². The van der Waals surface area contributed by atoms with Gasteiger partial charge in [0.05, 0.1) is 5.75 Å². The third kappa shape index (κ3) is 6.22. The number of benzene rings is 1. The molecule has 1 aromatic rings. The SMILES string of the molecule is CN1CCN(CCCN(C)S(=O)(=O)CCc2ccccc2)CC1. The van der Waals surface area contributed by atoms with Crippen molar-refractivity contribution in [3.8, 4) is 0 Å². The van der Waals surface area contributed by atoms with Crippen LogP contribution < -0.4 is 0 Å². The van der Waals surface area contributed by atoms with Gasteiger partial charge in [0.15, 0.2) is 0 Å². The van der Waals surface area contributed by atoms with Crippen molar-refractivity contribution in [2.24, 2.45) is 0 Å². The summed E-state index contributed by atoms with van der Waals surface area (Å²) in [6.07, 6.45) is 1.47. The van der Waals surface area contributed by atoms with Gasteiger partial charge >= 0.3 is 0 Å². The summed E-state index contributed by atoms with van der Waals surface area (Å²) in [6.45, 7) is 5.95. The molecule has 130 valence electrons. The Balaban J connectivity index is 1.70. The van der Waals surface area contributed by atoms with E-state index in [0.29, 0.717) is 13.0 Å². The van der Waals surface area contributed by atoms with Gasteiger partial charge in [0.2, 0.25) is 10.0 Å². The van der Waals surface area contributed by atoms with E-state index >= 15 is 0 Å². The number of aryl methyl sites for hydroxylation is 1. The summed E-state index contributed by atoms with van der Waals surface area (Å²) in [5, 5.41) is 0. The molecule has 0 radical (unpaired) electrons. The Morgan fingerprint density at radius 2 is 1.74 bits per heavy atom. The Labute approximate surface area is 140 Å². The molecule has 2 rings (SSSR count). The number of sulfonamides is 1. The molecule has 5 nitrogen and oxygen atoms in total. The Kier molecular flexibility index (Phi) is 7.02. The number of rotatable bonds is 8. The van der Waals surface area contributed by atoms with E-state index in [0.717, 1.165) is 44.7 Å². The van der Waals surface area contributed by atoms with Crippen LogP contribution in [0.5, 0.6) is 0 Å². The molecule has 1 aromatic carbocycles. The van der Waals surface area contributed by atoms with Crippen molar-refractivity contribution in [1.82, 2.24) is 14.1 Å². The Bertz CT molecular complexity index is 554. The van der Waals surface area contributed by atoms with Gasteiger partial charge in [-0.3, -0.25) is 0 Å². The second-order valence-electron chi connectivity index (χ2n) is 6.37. The van der Waals surface area contributed by atoms with E-state index in [1.54, 1.807) is 7.05 Å². The topological polar surface area (TPSA) is 43.9 Å². The molecule has 1 aliphatic rings. The third-order valence-corrected chi connectivity index (χ3v) is 6.36. The zero-order chi connectivity index (χ0) is 16.7. The van der Waals surface area contributed by atoms with E-state index in [1.165, 1.54) is 4.31 Å². The highest BCUT2D eigenvalue weighted by molar-refractivity contribution is 7.89. The molecule has 0 aliphatic carbocycles. The van der Waals surface area contributed by atoms with Crippen molar-refractivity contribution >= 4 is 10.0 Å². The van der Waals surface area contributed by atoms with Crippen LogP contribution in [0.2, 0.25) is 0 Å². The number of hydrogen-bond acceptors (Lipinski definition) is 4. The first-order valence-electron chi connectivity index (χ1n) is 8.36. The number of nitrogens with zero attached hydrogens (tertiary/aromatic N) is 3. The van der Waals surface area contributed by atoms with Crippen LogP contribution in [-0.4, -0.2) is 81.6 Å². The van der Waals surface area contributed by atoms with Crippen LogP contribution in [0.4, 0.5) is 0 Å². The summed E-state index contributed by atoms with van der Waals surface area (Å²) >= 11 is 0. The Morgan fingerprint density at radius 3 is 2.39 bits per heavy atom. The molecular formula is C17H29N3O2S. The minimum atomic E-state index is -3.16. The molecule has 1 saturated heterocycles. The summed E-state index contributed by atoms with van der Waals surface area (Å²) in [5.74, 6) is 0.183. The molecule has 1 aliphatic heterocycles. The van der Waals surface area contributed by atoms with E-state index in [4.69, 9.17) is 0 Å². The lowest BCUT2D eigenvalue weighted by Crippen LogP contribution is -2.45. The first-order valence-corrected chi connectivity index (χ1v) is 9.97. The van der Waals surface area contributed by atoms with Gasteiger partial charge in [-0.15, -0.1) is 0 Å². The first-order chi connectivity index (χ1) is 11.0. The predicted octanol–water partition coefficient (Wildman–Crippen LogP) is 1.13. The van der Waals surface area contributed by atoms with Crippen molar-refractivity contribution < 1.29 is 8.42 Å². The predicted molar refractivity (Wildman–Crippen MR) is 95.1 cm³/mol. The molecule has 0 saturated carbocycles. The number of likely N-dealkylation sites (N-methyl/N-ethyl adjacent to an activating group) is 1. The van der Waals surface area contributed by atoms with Crippen molar-refractivity contribution in [3.63, 3.8) is 0 Å². The molecule has 0 N–H and O–H groups in total. The van der Waals surface area contributed by atoms with Gasteiger partial charge in [-0.05, 0) is 32.0 Å². The van der Waals surface area contributed by atoms with Crippen LogP contribution in [0.3, 0.4) is 0 Å². The second kappa shape index (κ2) is 8.78. The largest absolute Gasteiger partial charge is 0.304 e. The van der Waals surface area contributed by atoms with Crippen LogP contribution in [0.25, 0.3) is 0 Å². The fraction of sp³-hybridized carbons (Fsp3) is 0.647. The van der Waals surface area contributed by atoms with Gasteiger partial charge in [0, 0.05) is 39.8 Å². The summed E-state index contributed by atoms with van der Waals surface area (Å²) in [5.41, 5.74) is 1.07. The fourth-order valence-electron chi connectivity index (χ4n) is 2.77. The third-order valence-electron chi connectivity index (χ3n) is 4.51. The molecule has 0 spiro atoms. The van der Waals surface area contributed by atoms with Gasteiger partial charge < -0.3 is 9.80 Å². The van der Waals surface area contributed by atoms with Gasteiger partial charge in [-0.25, -0.2) is 12.7 Å². The lowest BCUT2D eigenvalue weighted by atomic mass is 10.2. The van der Waals surface area contributed by atoms with Gasteiger partial charge in [-0.2, -0.15) is 0 Å². The zero-order valence-electron chi connectivity index (χ0n) is 14.3. The van der Waals surface area contributed by atoms with E-state index < -0.39 is 10.0 Å². The molecule has 0 bridgehead atoms. The summed E-state index contributed by atoms with van der Waals surface area (Å²) in [4.78, 5) is 4.75. The van der Waals surface area contributed by atoms with Crippen LogP contribution in [-0.2, 0) is 16.4 Å². The van der Waals surface area contributed by atoms with Crippen molar-refractivity contribution in [1.29, 1.82) is 0 Å². The monoisotopic (exact) mass is 339 g/mol. The lowest BCUT2D eigenvalue weighted by Gasteiger charge is -2.32. The van der Waals surface area contributed by atoms with Gasteiger partial charge in [0.1, 0.15) is 0 Å². The molecule has 1 heterocycles. The normalized spacial score (nSPS) is 17.7. The smallest absolute Gasteiger partial charge is 0.214 e. The van der Waals surface area contributed by atoms with Crippen LogP contribution >= 0.6 is 0 Å². The second-order valence-corrected chi connectivity index (χ2v) is 8.57. The molecular weight excluding hydrogens is 310 g/mol. The molecule has 23 heavy (non-hydrogen) atoms. The van der Waals surface area contributed by atoms with Crippen LogP contribution in [0.1, 0.15) is 12.0 Å². The van der Waals surface area contributed by atoms with Crippen molar-refractivity contribution in [2.45, 2.75) is 12.8 Å². The highest BCUT2D eigenvalue weighted by Gasteiger charge is 2.18. The maximum atomic E-state index is 12.3. The average Bonchev–Trinajstić information content (AvgIpc) is 2.56. The van der Waals surface area contributed by atoms with Crippen LogP contribution in [0.15, 0.2) is 30.3 Å². The summed E-state index contributed by atoms with van der Waals surface area (Å²) in [7, 11) is 0.678. The first kappa shape index (κ1) is 18.4. The lowest BCUT2D eigenvalue weighted by molar-refractivity contribution is 0.151. The standard InChI is InChI=1S/C17H29N3O2S/c1-18-12-14-20(15-13-18)11-6-10-19(2)23(21,22)16-9-17-7-4-3-5-8-17/h3-5,7-8H,6,9-16H2,1-2H3. The Morgan fingerprint density at radius 1 is 1.09 bits per heavy atom. The zero-order valence-corrected chi connectivity index (χ0v) is 15.1. The van der Waals surface area contributed by atoms with E-state index in [2.05, 4.69) is 16.8 Å². The molecule has 0 aromatic heterocycles. The van der Waals surface area contributed by atoms with E-state index in [1.807, 2.05) is 30.3 Å². The minimum Gasteiger partial charge on any atom is -0.304 e. The molecule has 0 unspecified atom stereocenters. The summed E-state index contributed by atoms with van der Waals surface area (Å²) in [6, 6.07) is 9.79. The van der Waals surface area contributed by atoms with Gasteiger partial charge in [-0.1, -0.05) is 30.3 Å². The Hall–Kier alpha value is -0.950. The maximum Gasteiger partial charge on any atom is 0.214 e. The highest BCUT2D eigenvalue weighted by atomic mass is 32.2. The van der Waals surface area contributed by atoms with E-state index in [9.17, 15) is 8.42 Å². The molecule has 0 atom stereocenters. The fourth-order valence-corrected chi connectivity index (χ4v) is 3.99. The molecule has 0 amide bonds. The maximum absolute atomic E-state index is 12.3. The van der Waals surface area contributed by atoms with Crippen LogP contribution in [0, 0.1) is 0 Å². The quantitative estimate of drug-likeness (QED) is 0.712. The summed E-state index contributed by atoms with van der Waals surface area (Å²) < 4.78 is 26.2. The van der Waals surface area contributed by atoms with Gasteiger partial charge in [0.25, 0.3) is 0 Å². The molecule has 1 fully saturated rings. The number of piperazine rings is 1. The van der Waals surface area contributed by atoms with Crippen molar-refractivity contribution in [3.05, 3.63) is 35.9 Å². The minimum absolute atomic E-state index is 0.183. The average molecular weight is 340 g/mol. The van der Waals surface area contributed by atoms with Crippen molar-refractivity contribution in [2.75, 3.05) is 59.1 Å². The number of hydrogen-bond donors (Lipinski definition) is 0. The molecule has 6 heteroatoms.